The predicted molar refractivity (Wildman–Crippen MR) is 106 cm³/mol. The van der Waals surface area contributed by atoms with Crippen LogP contribution in [0, 0.1) is 5.82 Å². The summed E-state index contributed by atoms with van der Waals surface area (Å²) in [6.07, 6.45) is 0.804. The average molecular weight is 386 g/mol. The molecule has 1 N–H and O–H groups in total. The fourth-order valence-corrected chi connectivity index (χ4v) is 2.59. The highest BCUT2D eigenvalue weighted by Crippen LogP contribution is 2.13. The summed E-state index contributed by atoms with van der Waals surface area (Å²) >= 11 is 0. The van der Waals surface area contributed by atoms with Crippen molar-refractivity contribution >= 4 is 11.8 Å². The number of carbonyl (C=O) groups is 2. The molecule has 0 aromatic heterocycles. The first kappa shape index (κ1) is 21.4. The van der Waals surface area contributed by atoms with E-state index in [0.717, 1.165) is 12.0 Å². The van der Waals surface area contributed by atoms with Gasteiger partial charge in [-0.15, -0.1) is 0 Å². The minimum absolute atomic E-state index is 0.0269. The first-order valence-corrected chi connectivity index (χ1v) is 9.42. The fourth-order valence-electron chi connectivity index (χ4n) is 2.59. The van der Waals surface area contributed by atoms with E-state index < -0.39 is 6.04 Å². The van der Waals surface area contributed by atoms with Crippen LogP contribution in [-0.2, 0) is 16.1 Å². The number of hydrogen-bond acceptors (Lipinski definition) is 3. The molecule has 2 aromatic carbocycles. The summed E-state index contributed by atoms with van der Waals surface area (Å²) in [5, 5.41) is 2.92. The van der Waals surface area contributed by atoms with Gasteiger partial charge in [0.05, 0.1) is 0 Å². The number of rotatable bonds is 9. The summed E-state index contributed by atoms with van der Waals surface area (Å²) in [6.45, 7) is 5.67. The molecule has 0 aliphatic carbocycles. The third-order valence-electron chi connectivity index (χ3n) is 4.54. The van der Waals surface area contributed by atoms with E-state index in [1.165, 1.54) is 29.2 Å². The molecule has 0 saturated heterocycles. The summed E-state index contributed by atoms with van der Waals surface area (Å²) < 4.78 is 18.5. The van der Waals surface area contributed by atoms with Crippen LogP contribution >= 0.6 is 0 Å². The summed E-state index contributed by atoms with van der Waals surface area (Å²) in [7, 11) is 0. The van der Waals surface area contributed by atoms with Crippen LogP contribution in [0.2, 0.25) is 0 Å². The van der Waals surface area contributed by atoms with Gasteiger partial charge >= 0.3 is 0 Å². The molecule has 0 radical (unpaired) electrons. The Bertz CT molecular complexity index is 765. The molecule has 0 spiro atoms. The lowest BCUT2D eigenvalue weighted by Gasteiger charge is -2.29. The molecule has 150 valence electrons. The number of hydrogen-bond donors (Lipinski definition) is 1. The third-order valence-corrected chi connectivity index (χ3v) is 4.54. The van der Waals surface area contributed by atoms with Crippen LogP contribution in [0.1, 0.15) is 32.8 Å². The second-order valence-electron chi connectivity index (χ2n) is 6.74. The standard InChI is InChI=1S/C22H27FN2O3/c1-4-16(2)24-22(27)17(3)25(14-18-8-6-5-7-9-18)21(26)15-28-20-12-10-19(23)11-13-20/h5-13,16-17H,4,14-15H2,1-3H3,(H,24,27)/t16-,17-/m1/s1. The highest BCUT2D eigenvalue weighted by molar-refractivity contribution is 5.88. The lowest BCUT2D eigenvalue weighted by atomic mass is 10.1. The first-order chi connectivity index (χ1) is 13.4. The minimum Gasteiger partial charge on any atom is -0.484 e. The van der Waals surface area contributed by atoms with Gasteiger partial charge in [0.1, 0.15) is 17.6 Å². The quantitative estimate of drug-likeness (QED) is 0.717. The number of nitrogens with zero attached hydrogens (tertiary/aromatic N) is 1. The maximum atomic E-state index is 13.0. The molecule has 2 amide bonds. The molecule has 2 atom stereocenters. The topological polar surface area (TPSA) is 58.6 Å². The highest BCUT2D eigenvalue weighted by Gasteiger charge is 2.27. The van der Waals surface area contributed by atoms with Gasteiger partial charge in [-0.3, -0.25) is 9.59 Å². The highest BCUT2D eigenvalue weighted by atomic mass is 19.1. The monoisotopic (exact) mass is 386 g/mol. The number of halogens is 1. The molecule has 2 rings (SSSR count). The van der Waals surface area contributed by atoms with Crippen molar-refractivity contribution in [2.24, 2.45) is 0 Å². The van der Waals surface area contributed by atoms with E-state index in [2.05, 4.69) is 5.32 Å². The SMILES string of the molecule is CC[C@@H](C)NC(=O)[C@@H](C)N(Cc1ccccc1)C(=O)COc1ccc(F)cc1. The second kappa shape index (κ2) is 10.4. The van der Waals surface area contributed by atoms with Gasteiger partial charge < -0.3 is 15.0 Å². The average Bonchev–Trinajstić information content (AvgIpc) is 2.71. The van der Waals surface area contributed by atoms with Gasteiger partial charge in [-0.2, -0.15) is 0 Å². The molecule has 0 aliphatic heterocycles. The maximum Gasteiger partial charge on any atom is 0.261 e. The molecule has 0 unspecified atom stereocenters. The summed E-state index contributed by atoms with van der Waals surface area (Å²) in [5.74, 6) is -0.508. The van der Waals surface area contributed by atoms with E-state index in [1.807, 2.05) is 44.2 Å². The van der Waals surface area contributed by atoms with Gasteiger partial charge in [0, 0.05) is 12.6 Å². The van der Waals surface area contributed by atoms with Crippen LogP contribution in [0.15, 0.2) is 54.6 Å². The van der Waals surface area contributed by atoms with Crippen molar-refractivity contribution in [1.29, 1.82) is 0 Å². The molecular formula is C22H27FN2O3. The lowest BCUT2D eigenvalue weighted by molar-refractivity contribution is -0.142. The number of ether oxygens (including phenoxy) is 1. The summed E-state index contributed by atoms with van der Waals surface area (Å²) in [4.78, 5) is 26.9. The molecular weight excluding hydrogens is 359 g/mol. The van der Waals surface area contributed by atoms with Crippen LogP contribution in [-0.4, -0.2) is 35.4 Å². The molecule has 0 aliphatic rings. The van der Waals surface area contributed by atoms with E-state index in [0.29, 0.717) is 12.3 Å². The minimum atomic E-state index is -0.654. The molecule has 28 heavy (non-hydrogen) atoms. The Morgan fingerprint density at radius 3 is 2.32 bits per heavy atom. The van der Waals surface area contributed by atoms with Crippen molar-refractivity contribution in [3.63, 3.8) is 0 Å². The fraction of sp³-hybridized carbons (Fsp3) is 0.364. The Morgan fingerprint density at radius 1 is 1.07 bits per heavy atom. The smallest absolute Gasteiger partial charge is 0.261 e. The predicted octanol–water partition coefficient (Wildman–Crippen LogP) is 3.54. The van der Waals surface area contributed by atoms with Crippen LogP contribution < -0.4 is 10.1 Å². The molecule has 0 fully saturated rings. The van der Waals surface area contributed by atoms with Crippen molar-refractivity contribution in [1.82, 2.24) is 10.2 Å². The van der Waals surface area contributed by atoms with Gasteiger partial charge in [0.2, 0.25) is 5.91 Å². The molecule has 2 aromatic rings. The van der Waals surface area contributed by atoms with E-state index in [1.54, 1.807) is 6.92 Å². The van der Waals surface area contributed by atoms with Gasteiger partial charge in [0.25, 0.3) is 5.91 Å². The van der Waals surface area contributed by atoms with E-state index in [-0.39, 0.29) is 30.3 Å². The summed E-state index contributed by atoms with van der Waals surface area (Å²) in [6, 6.07) is 14.3. The largest absolute Gasteiger partial charge is 0.484 e. The number of carbonyl (C=O) groups excluding carboxylic acids is 2. The molecule has 0 heterocycles. The van der Waals surface area contributed by atoms with E-state index >= 15 is 0 Å². The number of benzene rings is 2. The van der Waals surface area contributed by atoms with Crippen LogP contribution in [0.5, 0.6) is 5.75 Å². The van der Waals surface area contributed by atoms with E-state index in [9.17, 15) is 14.0 Å². The Hall–Kier alpha value is -2.89. The Morgan fingerprint density at radius 2 is 1.71 bits per heavy atom. The maximum absolute atomic E-state index is 13.0. The number of amides is 2. The first-order valence-electron chi connectivity index (χ1n) is 9.42. The second-order valence-corrected chi connectivity index (χ2v) is 6.74. The third kappa shape index (κ3) is 6.37. The van der Waals surface area contributed by atoms with Crippen molar-refractivity contribution in [2.75, 3.05) is 6.61 Å². The molecule has 0 saturated carbocycles. The lowest BCUT2D eigenvalue weighted by Crippen LogP contribution is -2.50. The Labute approximate surface area is 165 Å². The van der Waals surface area contributed by atoms with Crippen LogP contribution in [0.4, 0.5) is 4.39 Å². The van der Waals surface area contributed by atoms with Gasteiger partial charge in [-0.05, 0) is 50.1 Å². The molecule has 5 nitrogen and oxygen atoms in total. The normalized spacial score (nSPS) is 12.7. The zero-order valence-corrected chi connectivity index (χ0v) is 16.5. The van der Waals surface area contributed by atoms with Crippen molar-refractivity contribution in [3.05, 3.63) is 66.0 Å². The zero-order chi connectivity index (χ0) is 20.5. The van der Waals surface area contributed by atoms with Crippen LogP contribution in [0.25, 0.3) is 0 Å². The summed E-state index contributed by atoms with van der Waals surface area (Å²) in [5.41, 5.74) is 0.917. The van der Waals surface area contributed by atoms with Crippen LogP contribution in [0.3, 0.4) is 0 Å². The van der Waals surface area contributed by atoms with Crippen molar-refractivity contribution in [3.8, 4) is 5.75 Å². The molecule has 6 heteroatoms. The van der Waals surface area contributed by atoms with Gasteiger partial charge in [-0.1, -0.05) is 37.3 Å². The van der Waals surface area contributed by atoms with Crippen molar-refractivity contribution < 1.29 is 18.7 Å². The Balaban J connectivity index is 2.10. The van der Waals surface area contributed by atoms with E-state index in [4.69, 9.17) is 4.74 Å². The van der Waals surface area contributed by atoms with Crippen molar-refractivity contribution in [2.45, 2.75) is 45.8 Å². The van der Waals surface area contributed by atoms with Gasteiger partial charge in [0.15, 0.2) is 6.61 Å². The number of nitrogens with one attached hydrogen (secondary N) is 1. The Kier molecular flexibility index (Phi) is 7.99. The molecule has 0 bridgehead atoms. The zero-order valence-electron chi connectivity index (χ0n) is 16.5. The van der Waals surface area contributed by atoms with Gasteiger partial charge in [-0.25, -0.2) is 4.39 Å².